The van der Waals surface area contributed by atoms with E-state index in [1.807, 2.05) is 20.6 Å². The Morgan fingerprint density at radius 2 is 0.913 bits per heavy atom. The van der Waals surface area contributed by atoms with Gasteiger partial charge < -0.3 is 4.79 Å². The Morgan fingerprint density at radius 3 is 1.09 bits per heavy atom. The summed E-state index contributed by atoms with van der Waals surface area (Å²) in [6.45, 7) is 18.6. The van der Waals surface area contributed by atoms with Crippen molar-refractivity contribution in [2.75, 3.05) is 0 Å². The van der Waals surface area contributed by atoms with Crippen LogP contribution in [-0.4, -0.2) is 6.79 Å². The molecule has 0 N–H and O–H groups in total. The molecule has 0 aliphatic rings. The number of hydrogen-bond acceptors (Lipinski definition) is 1. The Morgan fingerprint density at radius 1 is 0.652 bits per heavy atom. The first-order chi connectivity index (χ1) is 10.3. The standard InChI is InChI=1S/2C10H16.CH2O.Ru/c2*1-5-10(4)8-6-7-9(2)3;1-2;/h2*5-8H,1-4H3;1H2;. The van der Waals surface area contributed by atoms with Crippen LogP contribution in [0.4, 0.5) is 0 Å². The van der Waals surface area contributed by atoms with Crippen LogP contribution in [-0.2, 0) is 24.3 Å². The number of carbonyl (C=O) groups is 1. The van der Waals surface area contributed by atoms with E-state index in [4.69, 9.17) is 4.79 Å². The van der Waals surface area contributed by atoms with Crippen LogP contribution in [0.3, 0.4) is 0 Å². The monoisotopic (exact) mass is 404 g/mol. The molecule has 0 spiro atoms. The fraction of sp³-hybridized carbons (Fsp3) is 0.381. The molecule has 2 heteroatoms. The second-order valence-corrected chi connectivity index (χ2v) is 5.27. The van der Waals surface area contributed by atoms with E-state index in [0.29, 0.717) is 0 Å². The molecule has 1 nitrogen and oxygen atoms in total. The molecule has 0 atom stereocenters. The van der Waals surface area contributed by atoms with Crippen LogP contribution in [0.15, 0.2) is 70.9 Å². The minimum atomic E-state index is 0. The maximum atomic E-state index is 8.00. The predicted molar refractivity (Wildman–Crippen MR) is 103 cm³/mol. The largest absolute Gasteiger partial charge is 0.307 e. The molecule has 0 aromatic rings. The molecule has 0 rings (SSSR count). The molecule has 0 heterocycles. The van der Waals surface area contributed by atoms with Crippen LogP contribution >= 0.6 is 0 Å². The Bertz CT molecular complexity index is 396. The average molecular weight is 404 g/mol. The molecule has 0 fully saturated rings. The molecule has 0 aromatic heterocycles. The van der Waals surface area contributed by atoms with Gasteiger partial charge in [-0.2, -0.15) is 0 Å². The molecule has 0 aliphatic carbocycles. The zero-order chi connectivity index (χ0) is 18.0. The molecule has 0 saturated heterocycles. The van der Waals surface area contributed by atoms with E-state index in [1.165, 1.54) is 22.3 Å². The first-order valence-corrected chi connectivity index (χ1v) is 7.51. The zero-order valence-corrected chi connectivity index (χ0v) is 17.8. The quantitative estimate of drug-likeness (QED) is 0.374. The summed E-state index contributed by atoms with van der Waals surface area (Å²) in [6, 6.07) is 0. The van der Waals surface area contributed by atoms with Gasteiger partial charge in [0.1, 0.15) is 6.79 Å². The van der Waals surface area contributed by atoms with Crippen LogP contribution in [0.25, 0.3) is 0 Å². The van der Waals surface area contributed by atoms with Crippen molar-refractivity contribution in [3.8, 4) is 0 Å². The van der Waals surface area contributed by atoms with E-state index < -0.39 is 0 Å². The Kier molecular flexibility index (Phi) is 29.7. The van der Waals surface area contributed by atoms with Crippen LogP contribution in [0.2, 0.25) is 0 Å². The summed E-state index contributed by atoms with van der Waals surface area (Å²) >= 11 is 0. The van der Waals surface area contributed by atoms with Crippen LogP contribution < -0.4 is 0 Å². The van der Waals surface area contributed by atoms with Crippen LogP contribution in [0, 0.1) is 0 Å². The molecule has 0 radical (unpaired) electrons. The number of carbonyl (C=O) groups excluding carboxylic acids is 1. The maximum Gasteiger partial charge on any atom is 0.106 e. The normalized spacial score (nSPS) is 10.8. The minimum Gasteiger partial charge on any atom is -0.307 e. The van der Waals surface area contributed by atoms with Crippen molar-refractivity contribution in [2.45, 2.75) is 55.4 Å². The van der Waals surface area contributed by atoms with Gasteiger partial charge in [-0.25, -0.2) is 0 Å². The van der Waals surface area contributed by atoms with Crippen molar-refractivity contribution in [2.24, 2.45) is 0 Å². The third-order valence-electron chi connectivity index (χ3n) is 2.49. The summed E-state index contributed by atoms with van der Waals surface area (Å²) in [5.74, 6) is 0. The van der Waals surface area contributed by atoms with Crippen molar-refractivity contribution in [3.05, 3.63) is 70.9 Å². The first kappa shape index (κ1) is 29.7. The van der Waals surface area contributed by atoms with E-state index in [1.54, 1.807) is 0 Å². The molecule has 0 unspecified atom stereocenters. The van der Waals surface area contributed by atoms with Gasteiger partial charge in [-0.3, -0.25) is 0 Å². The Balaban J connectivity index is -0.000000136. The summed E-state index contributed by atoms with van der Waals surface area (Å²) in [6.07, 6.45) is 16.8. The summed E-state index contributed by atoms with van der Waals surface area (Å²) < 4.78 is 0. The van der Waals surface area contributed by atoms with E-state index in [2.05, 4.69) is 90.2 Å². The number of rotatable bonds is 4. The topological polar surface area (TPSA) is 17.1 Å². The summed E-state index contributed by atoms with van der Waals surface area (Å²) in [7, 11) is 0. The first-order valence-electron chi connectivity index (χ1n) is 7.51. The molecule has 132 valence electrons. The van der Waals surface area contributed by atoms with Crippen molar-refractivity contribution in [3.63, 3.8) is 0 Å². The number of hydrogen-bond donors (Lipinski definition) is 0. The molecule has 0 bridgehead atoms. The molecule has 0 aliphatic heterocycles. The fourth-order valence-corrected chi connectivity index (χ4v) is 0.977. The second-order valence-electron chi connectivity index (χ2n) is 5.27. The average Bonchev–Trinajstić information content (AvgIpc) is 2.48. The smallest absolute Gasteiger partial charge is 0.106 e. The van der Waals surface area contributed by atoms with Crippen molar-refractivity contribution < 1.29 is 24.3 Å². The van der Waals surface area contributed by atoms with Gasteiger partial charge in [0.25, 0.3) is 0 Å². The predicted octanol–water partition coefficient (Wildman–Crippen LogP) is 6.76. The maximum absolute atomic E-state index is 8.00. The van der Waals surface area contributed by atoms with Crippen molar-refractivity contribution in [1.29, 1.82) is 0 Å². The van der Waals surface area contributed by atoms with E-state index in [-0.39, 0.29) is 19.5 Å². The fourth-order valence-electron chi connectivity index (χ4n) is 0.977. The van der Waals surface area contributed by atoms with E-state index in [0.717, 1.165) is 0 Å². The molecular weight excluding hydrogens is 369 g/mol. The Hall–Kier alpha value is -1.27. The van der Waals surface area contributed by atoms with Gasteiger partial charge in [-0.1, -0.05) is 70.9 Å². The van der Waals surface area contributed by atoms with Gasteiger partial charge in [0.15, 0.2) is 0 Å². The molecule has 0 aromatic carbocycles. The third kappa shape index (κ3) is 33.5. The van der Waals surface area contributed by atoms with Gasteiger partial charge >= 0.3 is 0 Å². The van der Waals surface area contributed by atoms with Gasteiger partial charge in [0.2, 0.25) is 0 Å². The van der Waals surface area contributed by atoms with E-state index >= 15 is 0 Å². The Labute approximate surface area is 157 Å². The van der Waals surface area contributed by atoms with Gasteiger partial charge in [-0.05, 0) is 55.4 Å². The second kappa shape index (κ2) is 23.0. The van der Waals surface area contributed by atoms with Crippen molar-refractivity contribution in [1.82, 2.24) is 0 Å². The third-order valence-corrected chi connectivity index (χ3v) is 2.49. The minimum absolute atomic E-state index is 0. The molecular formula is C21H34ORu. The molecule has 0 saturated carbocycles. The van der Waals surface area contributed by atoms with Crippen LogP contribution in [0.1, 0.15) is 55.4 Å². The zero-order valence-electron chi connectivity index (χ0n) is 16.1. The van der Waals surface area contributed by atoms with Gasteiger partial charge in [0.05, 0.1) is 0 Å². The number of allylic oxidation sites excluding steroid dienone is 12. The van der Waals surface area contributed by atoms with Crippen molar-refractivity contribution >= 4 is 6.79 Å². The summed E-state index contributed by atoms with van der Waals surface area (Å²) in [5.41, 5.74) is 5.27. The molecule has 0 amide bonds. The summed E-state index contributed by atoms with van der Waals surface area (Å²) in [5, 5.41) is 0. The summed E-state index contributed by atoms with van der Waals surface area (Å²) in [4.78, 5) is 8.00. The van der Waals surface area contributed by atoms with Gasteiger partial charge in [0, 0.05) is 19.5 Å². The van der Waals surface area contributed by atoms with Crippen LogP contribution in [0.5, 0.6) is 0 Å². The SMILES string of the molecule is C=O.CC=C(C)C=CC=C(C)C.CC=C(C)C=CC=C(C)C.[Ru]. The molecule has 23 heavy (non-hydrogen) atoms. The van der Waals surface area contributed by atoms with Gasteiger partial charge in [-0.15, -0.1) is 0 Å². The van der Waals surface area contributed by atoms with E-state index in [9.17, 15) is 0 Å².